The van der Waals surface area contributed by atoms with Gasteiger partial charge in [-0.3, -0.25) is 9.59 Å². The van der Waals surface area contributed by atoms with E-state index in [1.54, 1.807) is 50.5 Å². The number of hydrogen-bond donors (Lipinski definition) is 3. The Hall–Kier alpha value is -4.41. The van der Waals surface area contributed by atoms with Crippen LogP contribution in [0.15, 0.2) is 42.6 Å². The standard InChI is InChI=1S/C31H40N8O2/c1-6-33-29-25(21-34-31(37-29)36-26-16-13-24(20-32)14-17-26)15-12-23-9-7-10-27(19-23)35-30(41)22(2)39(5)28(40)11-8-18-38(3)4/h8,11,13-14,16-17,21-23,27H,6-7,9-10,18-19H2,1-5H3,(H,35,41)(H2,33,34,36,37)/t22-,23-,27-/m0/s1. The molecule has 2 amide bonds. The molecule has 216 valence electrons. The van der Waals surface area contributed by atoms with Gasteiger partial charge in [0, 0.05) is 43.9 Å². The predicted octanol–water partition coefficient (Wildman–Crippen LogP) is 3.51. The number of nitriles is 1. The Kier molecular flexibility index (Phi) is 11.7. The van der Waals surface area contributed by atoms with Crippen molar-refractivity contribution < 1.29 is 9.59 Å². The van der Waals surface area contributed by atoms with E-state index < -0.39 is 6.04 Å². The second kappa shape index (κ2) is 15.4. The zero-order chi connectivity index (χ0) is 29.8. The Morgan fingerprint density at radius 3 is 2.63 bits per heavy atom. The Bertz CT molecular complexity index is 1320. The number of nitrogens with zero attached hydrogens (tertiary/aromatic N) is 5. The van der Waals surface area contributed by atoms with Gasteiger partial charge in [-0.1, -0.05) is 24.3 Å². The Labute approximate surface area is 243 Å². The first-order chi connectivity index (χ1) is 19.7. The van der Waals surface area contributed by atoms with Crippen molar-refractivity contribution in [1.82, 2.24) is 25.1 Å². The van der Waals surface area contributed by atoms with Gasteiger partial charge < -0.3 is 25.8 Å². The average Bonchev–Trinajstić information content (AvgIpc) is 2.96. The molecule has 10 nitrogen and oxygen atoms in total. The van der Waals surface area contributed by atoms with E-state index in [9.17, 15) is 9.59 Å². The summed E-state index contributed by atoms with van der Waals surface area (Å²) in [6.07, 6.45) is 8.56. The maximum atomic E-state index is 12.9. The number of nitrogens with one attached hydrogen (secondary N) is 3. The first-order valence-corrected chi connectivity index (χ1v) is 14.0. The molecule has 0 saturated heterocycles. The molecule has 1 aliphatic carbocycles. The Balaban J connectivity index is 1.61. The third kappa shape index (κ3) is 9.63. The molecule has 0 unspecified atom stereocenters. The van der Waals surface area contributed by atoms with Crippen LogP contribution in [0.2, 0.25) is 0 Å². The van der Waals surface area contributed by atoms with Crippen LogP contribution in [-0.4, -0.2) is 77.9 Å². The van der Waals surface area contributed by atoms with E-state index >= 15 is 0 Å². The molecule has 2 aromatic rings. The monoisotopic (exact) mass is 556 g/mol. The third-order valence-corrected chi connectivity index (χ3v) is 6.87. The van der Waals surface area contributed by atoms with Gasteiger partial charge in [0.2, 0.25) is 17.8 Å². The number of amides is 2. The molecule has 0 aliphatic heterocycles. The number of benzene rings is 1. The van der Waals surface area contributed by atoms with Crippen molar-refractivity contribution >= 4 is 29.3 Å². The lowest BCUT2D eigenvalue weighted by Gasteiger charge is -2.30. The molecule has 3 atom stereocenters. The van der Waals surface area contributed by atoms with E-state index in [4.69, 9.17) is 5.26 Å². The van der Waals surface area contributed by atoms with Crippen molar-refractivity contribution in [3.63, 3.8) is 0 Å². The zero-order valence-corrected chi connectivity index (χ0v) is 24.6. The van der Waals surface area contributed by atoms with Gasteiger partial charge in [0.1, 0.15) is 11.9 Å². The van der Waals surface area contributed by atoms with Crippen LogP contribution in [0.25, 0.3) is 0 Å². The number of carbonyl (C=O) groups excluding carboxylic acids is 2. The molecule has 0 bridgehead atoms. The highest BCUT2D eigenvalue weighted by Crippen LogP contribution is 2.25. The van der Waals surface area contributed by atoms with Gasteiger partial charge in [0.15, 0.2) is 0 Å². The van der Waals surface area contributed by atoms with Gasteiger partial charge in [-0.05, 0) is 71.5 Å². The van der Waals surface area contributed by atoms with Crippen molar-refractivity contribution in [1.29, 1.82) is 5.26 Å². The molecule has 3 N–H and O–H groups in total. The topological polar surface area (TPSA) is 126 Å². The molecule has 1 fully saturated rings. The molecule has 3 rings (SSSR count). The van der Waals surface area contributed by atoms with E-state index in [2.05, 4.69) is 43.8 Å². The summed E-state index contributed by atoms with van der Waals surface area (Å²) in [6, 6.07) is 8.62. The van der Waals surface area contributed by atoms with Gasteiger partial charge in [-0.25, -0.2) is 4.98 Å². The summed E-state index contributed by atoms with van der Waals surface area (Å²) < 4.78 is 0. The van der Waals surface area contributed by atoms with Crippen molar-refractivity contribution in [3.8, 4) is 17.9 Å². The van der Waals surface area contributed by atoms with Crippen LogP contribution in [0.4, 0.5) is 17.5 Å². The molecule has 1 heterocycles. The summed E-state index contributed by atoms with van der Waals surface area (Å²) in [5, 5.41) is 18.5. The molecule has 1 aromatic carbocycles. The van der Waals surface area contributed by atoms with Crippen LogP contribution in [-0.2, 0) is 9.59 Å². The highest BCUT2D eigenvalue weighted by Gasteiger charge is 2.26. The fourth-order valence-electron chi connectivity index (χ4n) is 4.40. The van der Waals surface area contributed by atoms with Gasteiger partial charge in [0.25, 0.3) is 0 Å². The molecule has 1 saturated carbocycles. The van der Waals surface area contributed by atoms with Gasteiger partial charge in [-0.15, -0.1) is 0 Å². The molecule has 1 aliphatic rings. The van der Waals surface area contributed by atoms with Gasteiger partial charge >= 0.3 is 0 Å². The molecular weight excluding hydrogens is 516 g/mol. The van der Waals surface area contributed by atoms with Crippen LogP contribution in [0, 0.1) is 29.1 Å². The second-order valence-corrected chi connectivity index (χ2v) is 10.4. The van der Waals surface area contributed by atoms with E-state index in [1.807, 2.05) is 25.9 Å². The minimum Gasteiger partial charge on any atom is -0.369 e. The van der Waals surface area contributed by atoms with E-state index in [1.165, 1.54) is 11.0 Å². The summed E-state index contributed by atoms with van der Waals surface area (Å²) >= 11 is 0. The molecule has 0 spiro atoms. The highest BCUT2D eigenvalue weighted by molar-refractivity contribution is 5.92. The zero-order valence-electron chi connectivity index (χ0n) is 24.6. The number of carbonyl (C=O) groups is 2. The smallest absolute Gasteiger partial charge is 0.246 e. The van der Waals surface area contributed by atoms with Crippen molar-refractivity contribution in [3.05, 3.63) is 53.7 Å². The molecule has 41 heavy (non-hydrogen) atoms. The highest BCUT2D eigenvalue weighted by atomic mass is 16.2. The van der Waals surface area contributed by atoms with Gasteiger partial charge in [-0.2, -0.15) is 10.2 Å². The summed E-state index contributed by atoms with van der Waals surface area (Å²) in [7, 11) is 5.51. The Morgan fingerprint density at radius 2 is 1.95 bits per heavy atom. The van der Waals surface area contributed by atoms with E-state index in [0.717, 1.165) is 31.4 Å². The summed E-state index contributed by atoms with van der Waals surface area (Å²) in [4.78, 5) is 37.8. The van der Waals surface area contributed by atoms with E-state index in [-0.39, 0.29) is 23.8 Å². The predicted molar refractivity (Wildman–Crippen MR) is 161 cm³/mol. The third-order valence-electron chi connectivity index (χ3n) is 6.87. The SMILES string of the molecule is CCNc1nc(Nc2ccc(C#N)cc2)ncc1C#C[C@@H]1CCC[C@H](NC(=O)[C@H](C)N(C)C(=O)C=CCN(C)C)C1. The molecule has 10 heteroatoms. The molecular formula is C31H40N8O2. The largest absolute Gasteiger partial charge is 0.369 e. The molecule has 1 aromatic heterocycles. The summed E-state index contributed by atoms with van der Waals surface area (Å²) in [5.41, 5.74) is 2.08. The lowest BCUT2D eigenvalue weighted by Crippen LogP contribution is -2.49. The van der Waals surface area contributed by atoms with Crippen LogP contribution in [0.3, 0.4) is 0 Å². The van der Waals surface area contributed by atoms with Crippen molar-refractivity contribution in [2.75, 3.05) is 44.9 Å². The maximum Gasteiger partial charge on any atom is 0.246 e. The number of anilines is 3. The number of rotatable bonds is 10. The van der Waals surface area contributed by atoms with Gasteiger partial charge in [0.05, 0.1) is 23.4 Å². The molecule has 0 radical (unpaired) electrons. The van der Waals surface area contributed by atoms with Crippen molar-refractivity contribution in [2.24, 2.45) is 5.92 Å². The number of likely N-dealkylation sites (N-methyl/N-ethyl adjacent to an activating group) is 2. The number of hydrogen-bond acceptors (Lipinski definition) is 8. The lowest BCUT2D eigenvalue weighted by atomic mass is 9.86. The lowest BCUT2D eigenvalue weighted by molar-refractivity contribution is -0.135. The summed E-state index contributed by atoms with van der Waals surface area (Å²) in [6.45, 7) is 5.08. The second-order valence-electron chi connectivity index (χ2n) is 10.4. The van der Waals surface area contributed by atoms with Crippen LogP contribution < -0.4 is 16.0 Å². The fourth-order valence-corrected chi connectivity index (χ4v) is 4.40. The van der Waals surface area contributed by atoms with Crippen LogP contribution in [0.5, 0.6) is 0 Å². The van der Waals surface area contributed by atoms with Crippen LogP contribution >= 0.6 is 0 Å². The minimum atomic E-state index is -0.575. The fraction of sp³-hybridized carbons (Fsp3) is 0.452. The quantitative estimate of drug-likeness (QED) is 0.300. The van der Waals surface area contributed by atoms with Crippen LogP contribution in [0.1, 0.15) is 50.7 Å². The first kappa shape index (κ1) is 31.1. The average molecular weight is 557 g/mol. The minimum absolute atomic E-state index is 0.00858. The maximum absolute atomic E-state index is 12.9. The normalized spacial score (nSPS) is 17.2. The van der Waals surface area contributed by atoms with Crippen molar-refractivity contribution in [2.45, 2.75) is 51.6 Å². The van der Waals surface area contributed by atoms with E-state index in [0.29, 0.717) is 36.0 Å². The Morgan fingerprint density at radius 1 is 1.20 bits per heavy atom. The summed E-state index contributed by atoms with van der Waals surface area (Å²) in [5.74, 6) is 7.48. The number of aromatic nitrogens is 2. The first-order valence-electron chi connectivity index (χ1n) is 14.0.